The third kappa shape index (κ3) is 3.61. The average Bonchev–Trinajstić information content (AvgIpc) is 2.37. The van der Waals surface area contributed by atoms with E-state index < -0.39 is 0 Å². The van der Waals surface area contributed by atoms with Gasteiger partial charge in [-0.2, -0.15) is 0 Å². The van der Waals surface area contributed by atoms with Gasteiger partial charge in [0.15, 0.2) is 0 Å². The number of nitrogens with zero attached hydrogens (tertiary/aromatic N) is 2. The van der Waals surface area contributed by atoms with E-state index in [-0.39, 0.29) is 0 Å². The standard InChI is InChI=1S/C15H25N3O/c1-4-19-15-6-5-14(16)9-13(15)11-18-8-7-17(3)12(2)10-18/h5-6,9,12H,4,7-8,10-11,16H2,1-3H3. The Morgan fingerprint density at radius 3 is 2.84 bits per heavy atom. The van der Waals surface area contributed by atoms with Gasteiger partial charge in [0.25, 0.3) is 0 Å². The zero-order chi connectivity index (χ0) is 13.8. The molecule has 106 valence electrons. The molecule has 0 bridgehead atoms. The summed E-state index contributed by atoms with van der Waals surface area (Å²) < 4.78 is 5.69. The highest BCUT2D eigenvalue weighted by atomic mass is 16.5. The van der Waals surface area contributed by atoms with E-state index in [0.717, 1.165) is 37.6 Å². The largest absolute Gasteiger partial charge is 0.494 e. The smallest absolute Gasteiger partial charge is 0.123 e. The van der Waals surface area contributed by atoms with Gasteiger partial charge in [0.1, 0.15) is 5.75 Å². The lowest BCUT2D eigenvalue weighted by Gasteiger charge is -2.37. The molecule has 1 fully saturated rings. The van der Waals surface area contributed by atoms with Gasteiger partial charge in [-0.15, -0.1) is 0 Å². The first-order chi connectivity index (χ1) is 9.10. The molecule has 1 atom stereocenters. The van der Waals surface area contributed by atoms with Gasteiger partial charge >= 0.3 is 0 Å². The molecule has 1 aliphatic heterocycles. The van der Waals surface area contributed by atoms with Crippen LogP contribution in [-0.4, -0.2) is 49.1 Å². The normalized spacial score (nSPS) is 21.5. The van der Waals surface area contributed by atoms with Crippen LogP contribution in [0.1, 0.15) is 19.4 Å². The van der Waals surface area contributed by atoms with Crippen molar-refractivity contribution in [2.75, 3.05) is 39.0 Å². The molecule has 4 heteroatoms. The maximum absolute atomic E-state index is 5.90. The molecule has 0 radical (unpaired) electrons. The summed E-state index contributed by atoms with van der Waals surface area (Å²) in [6.45, 7) is 9.20. The molecule has 2 N–H and O–H groups in total. The molecule has 0 amide bonds. The van der Waals surface area contributed by atoms with Crippen molar-refractivity contribution >= 4 is 5.69 Å². The van der Waals surface area contributed by atoms with E-state index in [2.05, 4.69) is 23.8 Å². The molecule has 0 aliphatic carbocycles. The predicted octanol–water partition coefficient (Wildman–Crippen LogP) is 1.80. The highest BCUT2D eigenvalue weighted by Gasteiger charge is 2.21. The molecular formula is C15H25N3O. The molecular weight excluding hydrogens is 238 g/mol. The van der Waals surface area contributed by atoms with Gasteiger partial charge in [-0.1, -0.05) is 0 Å². The van der Waals surface area contributed by atoms with Crippen LogP contribution in [0.25, 0.3) is 0 Å². The summed E-state index contributed by atoms with van der Waals surface area (Å²) in [5.74, 6) is 0.961. The van der Waals surface area contributed by atoms with Crippen molar-refractivity contribution < 1.29 is 4.74 Å². The third-order valence-corrected chi connectivity index (χ3v) is 3.82. The lowest BCUT2D eigenvalue weighted by Crippen LogP contribution is -2.49. The number of ether oxygens (including phenoxy) is 1. The van der Waals surface area contributed by atoms with Gasteiger partial charge < -0.3 is 15.4 Å². The van der Waals surface area contributed by atoms with Crippen molar-refractivity contribution in [1.29, 1.82) is 0 Å². The Morgan fingerprint density at radius 2 is 2.16 bits per heavy atom. The number of benzene rings is 1. The minimum Gasteiger partial charge on any atom is -0.494 e. The fraction of sp³-hybridized carbons (Fsp3) is 0.600. The molecule has 1 saturated heterocycles. The number of hydrogen-bond donors (Lipinski definition) is 1. The summed E-state index contributed by atoms with van der Waals surface area (Å²) >= 11 is 0. The molecule has 1 aromatic carbocycles. The predicted molar refractivity (Wildman–Crippen MR) is 79.4 cm³/mol. The molecule has 0 spiro atoms. The third-order valence-electron chi connectivity index (χ3n) is 3.82. The lowest BCUT2D eigenvalue weighted by atomic mass is 10.1. The molecule has 0 saturated carbocycles. The number of likely N-dealkylation sites (N-methyl/N-ethyl adjacent to an activating group) is 1. The molecule has 1 aliphatic rings. The van der Waals surface area contributed by atoms with E-state index in [1.54, 1.807) is 0 Å². The zero-order valence-corrected chi connectivity index (χ0v) is 12.2. The Bertz CT molecular complexity index is 422. The Morgan fingerprint density at radius 1 is 1.37 bits per heavy atom. The lowest BCUT2D eigenvalue weighted by molar-refractivity contribution is 0.0992. The second-order valence-corrected chi connectivity index (χ2v) is 5.36. The summed E-state index contributed by atoms with van der Waals surface area (Å²) in [7, 11) is 2.19. The maximum Gasteiger partial charge on any atom is 0.123 e. The highest BCUT2D eigenvalue weighted by Crippen LogP contribution is 2.24. The maximum atomic E-state index is 5.90. The number of nitrogens with two attached hydrogens (primary N) is 1. The number of hydrogen-bond acceptors (Lipinski definition) is 4. The Labute approximate surface area is 116 Å². The minimum absolute atomic E-state index is 0.602. The summed E-state index contributed by atoms with van der Waals surface area (Å²) in [5, 5.41) is 0. The SMILES string of the molecule is CCOc1ccc(N)cc1CN1CCN(C)C(C)C1. The fourth-order valence-corrected chi connectivity index (χ4v) is 2.53. The van der Waals surface area contributed by atoms with Crippen molar-refractivity contribution in [2.45, 2.75) is 26.4 Å². The van der Waals surface area contributed by atoms with Crippen LogP contribution in [0, 0.1) is 0 Å². The molecule has 1 aromatic rings. The van der Waals surface area contributed by atoms with Crippen LogP contribution in [0.3, 0.4) is 0 Å². The van der Waals surface area contributed by atoms with Crippen molar-refractivity contribution in [3.8, 4) is 5.75 Å². The second kappa shape index (κ2) is 6.26. The number of piperazine rings is 1. The van der Waals surface area contributed by atoms with E-state index in [0.29, 0.717) is 12.6 Å². The summed E-state index contributed by atoms with van der Waals surface area (Å²) in [6.07, 6.45) is 0. The first-order valence-electron chi connectivity index (χ1n) is 7.04. The van der Waals surface area contributed by atoms with Gasteiger partial charge in [-0.3, -0.25) is 4.90 Å². The summed E-state index contributed by atoms with van der Waals surface area (Å²) in [4.78, 5) is 4.88. The topological polar surface area (TPSA) is 41.7 Å². The van der Waals surface area contributed by atoms with Gasteiger partial charge in [0.2, 0.25) is 0 Å². The number of anilines is 1. The fourth-order valence-electron chi connectivity index (χ4n) is 2.53. The first-order valence-corrected chi connectivity index (χ1v) is 7.04. The van der Waals surface area contributed by atoms with E-state index in [9.17, 15) is 0 Å². The van der Waals surface area contributed by atoms with E-state index in [1.165, 1.54) is 5.56 Å². The van der Waals surface area contributed by atoms with Gasteiger partial charge in [-0.25, -0.2) is 0 Å². The Kier molecular flexibility index (Phi) is 4.66. The molecule has 0 aromatic heterocycles. The van der Waals surface area contributed by atoms with Gasteiger partial charge in [0.05, 0.1) is 6.61 Å². The van der Waals surface area contributed by atoms with Crippen LogP contribution in [0.4, 0.5) is 5.69 Å². The monoisotopic (exact) mass is 263 g/mol. The summed E-state index contributed by atoms with van der Waals surface area (Å²) in [5.41, 5.74) is 7.90. The van der Waals surface area contributed by atoms with Crippen LogP contribution in [0.5, 0.6) is 5.75 Å². The molecule has 1 unspecified atom stereocenters. The molecule has 4 nitrogen and oxygen atoms in total. The van der Waals surface area contributed by atoms with E-state index in [4.69, 9.17) is 10.5 Å². The minimum atomic E-state index is 0.602. The average molecular weight is 263 g/mol. The molecule has 19 heavy (non-hydrogen) atoms. The van der Waals surface area contributed by atoms with Gasteiger partial charge in [-0.05, 0) is 39.1 Å². The first kappa shape index (κ1) is 14.2. The highest BCUT2D eigenvalue weighted by molar-refractivity contribution is 5.47. The van der Waals surface area contributed by atoms with Crippen molar-refractivity contribution in [1.82, 2.24) is 9.80 Å². The van der Waals surface area contributed by atoms with Crippen LogP contribution in [-0.2, 0) is 6.54 Å². The summed E-state index contributed by atoms with van der Waals surface area (Å²) in [6, 6.07) is 6.52. The number of rotatable bonds is 4. The van der Waals surface area contributed by atoms with Crippen LogP contribution < -0.4 is 10.5 Å². The van der Waals surface area contributed by atoms with Crippen LogP contribution in [0.15, 0.2) is 18.2 Å². The Hall–Kier alpha value is -1.26. The molecule has 1 heterocycles. The number of nitrogen functional groups attached to an aromatic ring is 1. The quantitative estimate of drug-likeness (QED) is 0.841. The van der Waals surface area contributed by atoms with Crippen molar-refractivity contribution in [3.63, 3.8) is 0 Å². The van der Waals surface area contributed by atoms with E-state index in [1.807, 2.05) is 25.1 Å². The Balaban J connectivity index is 2.07. The zero-order valence-electron chi connectivity index (χ0n) is 12.2. The van der Waals surface area contributed by atoms with Crippen molar-refractivity contribution in [2.24, 2.45) is 0 Å². The van der Waals surface area contributed by atoms with E-state index >= 15 is 0 Å². The molecule has 2 rings (SSSR count). The van der Waals surface area contributed by atoms with Crippen LogP contribution >= 0.6 is 0 Å². The second-order valence-electron chi connectivity index (χ2n) is 5.36. The van der Waals surface area contributed by atoms with Crippen LogP contribution in [0.2, 0.25) is 0 Å². The van der Waals surface area contributed by atoms with Crippen molar-refractivity contribution in [3.05, 3.63) is 23.8 Å². The van der Waals surface area contributed by atoms with Gasteiger partial charge in [0, 0.05) is 43.5 Å².